The number of H-pyrrole nitrogens is 1. The maximum Gasteiger partial charge on any atom is 0.407 e. The molecule has 4 aromatic rings. The third-order valence-corrected chi connectivity index (χ3v) is 15.3. The predicted octanol–water partition coefficient (Wildman–Crippen LogP) is 8.50. The fourth-order valence-electron chi connectivity index (χ4n) is 11.8. The normalized spacial score (nSPS) is 23.0. The van der Waals surface area contributed by atoms with Gasteiger partial charge in [-0.3, -0.25) is 14.6 Å². The monoisotopic (exact) mass is 899 g/mol. The summed E-state index contributed by atoms with van der Waals surface area (Å²) in [6.45, 7) is 11.2. The summed E-state index contributed by atoms with van der Waals surface area (Å²) in [5, 5.41) is 11.5. The van der Waals surface area contributed by atoms with E-state index in [1.807, 2.05) is 43.7 Å². The number of carbonyl (C=O) groups is 4. The molecule has 1 saturated carbocycles. The van der Waals surface area contributed by atoms with Crippen LogP contribution in [0.5, 0.6) is 0 Å². The topological polar surface area (TPSA) is 170 Å². The number of methoxy groups -OCH3 is 2. The minimum atomic E-state index is -0.687. The minimum absolute atomic E-state index is 0.0645. The van der Waals surface area contributed by atoms with Crippen molar-refractivity contribution >= 4 is 40.6 Å². The molecule has 1 spiro atoms. The Hall–Kier alpha value is -5.92. The number of fused-ring (bicyclic) bond motifs is 3. The molecule has 3 aliphatic heterocycles. The average molecular weight is 899 g/mol. The average Bonchev–Trinajstić information content (AvgIpc) is 4.19. The summed E-state index contributed by atoms with van der Waals surface area (Å²) in [4.78, 5) is 69.4. The minimum Gasteiger partial charge on any atom is -0.453 e. The number of alkyl carbamates (subject to hydrolysis) is 2. The molecule has 5 aliphatic rings. The lowest BCUT2D eigenvalue weighted by Gasteiger charge is -2.31. The van der Waals surface area contributed by atoms with E-state index in [1.54, 1.807) is 0 Å². The van der Waals surface area contributed by atoms with Crippen molar-refractivity contribution in [3.8, 4) is 22.4 Å². The van der Waals surface area contributed by atoms with Crippen molar-refractivity contribution in [3.05, 3.63) is 77.2 Å². The van der Waals surface area contributed by atoms with E-state index < -0.39 is 24.3 Å². The Bertz CT molecular complexity index is 2540. The molecule has 3 aromatic carbocycles. The number of hydrogen-bond donors (Lipinski definition) is 4. The summed E-state index contributed by atoms with van der Waals surface area (Å²) in [6.07, 6.45) is 11.1. The van der Waals surface area contributed by atoms with Crippen molar-refractivity contribution in [1.29, 1.82) is 0 Å². The van der Waals surface area contributed by atoms with Crippen LogP contribution in [0.15, 0.2) is 59.7 Å². The second-order valence-corrected chi connectivity index (χ2v) is 20.0. The van der Waals surface area contributed by atoms with Gasteiger partial charge in [-0.2, -0.15) is 0 Å². The molecular formula is C52H66N8O6. The van der Waals surface area contributed by atoms with Gasteiger partial charge < -0.3 is 40.2 Å². The molecule has 14 heteroatoms. The van der Waals surface area contributed by atoms with Crippen LogP contribution in [-0.4, -0.2) is 101 Å². The summed E-state index contributed by atoms with van der Waals surface area (Å²) >= 11 is 0. The number of likely N-dealkylation sites (tertiary alicyclic amines) is 2. The van der Waals surface area contributed by atoms with Gasteiger partial charge in [0.2, 0.25) is 11.8 Å². The summed E-state index contributed by atoms with van der Waals surface area (Å²) in [7, 11) is 2.62. The van der Waals surface area contributed by atoms with Gasteiger partial charge in [0.25, 0.3) is 0 Å². The zero-order valence-electron chi connectivity index (χ0n) is 39.5. The molecule has 2 saturated heterocycles. The summed E-state index contributed by atoms with van der Waals surface area (Å²) in [6, 6.07) is 16.3. The molecule has 2 aliphatic carbocycles. The summed E-state index contributed by atoms with van der Waals surface area (Å²) in [5.41, 5.74) is 8.89. The molecule has 1 aromatic heterocycles. The highest BCUT2D eigenvalue weighted by atomic mass is 16.5. The van der Waals surface area contributed by atoms with Gasteiger partial charge in [0.15, 0.2) is 0 Å². The molecule has 4 N–H and O–H groups in total. The Morgan fingerprint density at radius 3 is 1.97 bits per heavy atom. The second kappa shape index (κ2) is 18.4. The second-order valence-electron chi connectivity index (χ2n) is 20.0. The van der Waals surface area contributed by atoms with E-state index in [9.17, 15) is 19.2 Å². The lowest BCUT2D eigenvalue weighted by atomic mass is 9.76. The molecule has 4 amide bonds. The fraction of sp³-hybridized carbons (Fsp3) is 0.538. The van der Waals surface area contributed by atoms with Crippen LogP contribution in [0, 0.1) is 11.8 Å². The smallest absolute Gasteiger partial charge is 0.407 e. The maximum absolute atomic E-state index is 14.0. The Labute approximate surface area is 388 Å². The predicted molar refractivity (Wildman–Crippen MR) is 255 cm³/mol. The lowest BCUT2D eigenvalue weighted by Crippen LogP contribution is -2.55. The van der Waals surface area contributed by atoms with Crippen molar-refractivity contribution in [3.63, 3.8) is 0 Å². The zero-order valence-corrected chi connectivity index (χ0v) is 39.5. The van der Waals surface area contributed by atoms with Crippen LogP contribution >= 0.6 is 0 Å². The molecule has 66 heavy (non-hydrogen) atoms. The van der Waals surface area contributed by atoms with Crippen molar-refractivity contribution in [2.75, 3.05) is 27.3 Å². The Morgan fingerprint density at radius 2 is 1.35 bits per heavy atom. The molecule has 350 valence electrons. The Balaban J connectivity index is 0.977. The highest BCUT2D eigenvalue weighted by Gasteiger charge is 2.46. The van der Waals surface area contributed by atoms with E-state index in [0.717, 1.165) is 72.2 Å². The van der Waals surface area contributed by atoms with Gasteiger partial charge in [-0.05, 0) is 126 Å². The van der Waals surface area contributed by atoms with Crippen molar-refractivity contribution < 1.29 is 28.7 Å². The number of amidine groups is 1. The van der Waals surface area contributed by atoms with Gasteiger partial charge in [0, 0.05) is 18.7 Å². The molecule has 14 nitrogen and oxygen atoms in total. The van der Waals surface area contributed by atoms with Crippen molar-refractivity contribution in [2.45, 2.75) is 140 Å². The first kappa shape index (κ1) is 45.2. The Morgan fingerprint density at radius 1 is 0.758 bits per heavy atom. The van der Waals surface area contributed by atoms with Crippen LogP contribution < -0.4 is 16.0 Å². The van der Waals surface area contributed by atoms with Gasteiger partial charge in [0.1, 0.15) is 23.7 Å². The number of aliphatic imine (C=N–C) groups is 1. The van der Waals surface area contributed by atoms with E-state index in [0.29, 0.717) is 13.1 Å². The lowest BCUT2D eigenvalue weighted by molar-refractivity contribution is -0.135. The van der Waals surface area contributed by atoms with Crippen molar-refractivity contribution in [2.24, 2.45) is 16.8 Å². The molecule has 6 atom stereocenters. The van der Waals surface area contributed by atoms with Gasteiger partial charge >= 0.3 is 12.2 Å². The molecular weight excluding hydrogens is 833 g/mol. The number of rotatable bonds is 11. The number of imidazole rings is 1. The molecule has 3 fully saturated rings. The molecule has 0 bridgehead atoms. The third kappa shape index (κ3) is 8.29. The highest BCUT2D eigenvalue weighted by Crippen LogP contribution is 2.55. The quantitative estimate of drug-likeness (QED) is 0.116. The van der Waals surface area contributed by atoms with Crippen LogP contribution in [-0.2, 0) is 30.9 Å². The van der Waals surface area contributed by atoms with Crippen LogP contribution in [0.25, 0.3) is 33.2 Å². The first-order valence-electron chi connectivity index (χ1n) is 24.2. The first-order chi connectivity index (χ1) is 31.8. The molecule has 9 rings (SSSR count). The molecule has 4 heterocycles. The van der Waals surface area contributed by atoms with Gasteiger partial charge in [0.05, 0.1) is 50.3 Å². The third-order valence-electron chi connectivity index (χ3n) is 15.3. The van der Waals surface area contributed by atoms with E-state index >= 15 is 0 Å². The highest BCUT2D eigenvalue weighted by molar-refractivity contribution is 5.96. The van der Waals surface area contributed by atoms with Crippen LogP contribution in [0.3, 0.4) is 0 Å². The number of hydrogen-bond acceptors (Lipinski definition) is 9. The number of ether oxygens (including phenoxy) is 2. The van der Waals surface area contributed by atoms with Crippen LogP contribution in [0.2, 0.25) is 0 Å². The van der Waals surface area contributed by atoms with Gasteiger partial charge in [-0.1, -0.05) is 76.9 Å². The number of nitrogens with zero attached hydrogens (tertiary/aromatic N) is 4. The van der Waals surface area contributed by atoms with E-state index in [2.05, 4.69) is 76.4 Å². The standard InChI is InChI=1S/C52H66N8O6/c1-29(2)43(57-50(63)65-6)48(61)59-24-10-12-40(59)46-53-28-39(55-46)35-17-15-32-26-34(16-14-33(32)27-35)36-18-19-38(37-20-23-52(42(36)37)21-8-9-22-52)45-31(5)54-47(56-45)41-13-11-25-60(41)49(62)44(30(3)4)58-51(64)66-7/h14-19,26-31,40-41,43-45H,8-13,20-25H2,1-7H3,(H,53,55)(H,54,56)(H,57,63)(H,58,64)/t31?,40-,41-,43-,44-,45?/m0/s1. The van der Waals surface area contributed by atoms with Crippen LogP contribution in [0.4, 0.5) is 9.59 Å². The molecule has 0 radical (unpaired) electrons. The van der Waals surface area contributed by atoms with Gasteiger partial charge in [-0.25, -0.2) is 14.6 Å². The Kier molecular flexibility index (Phi) is 12.6. The number of nitrogens with one attached hydrogen (secondary N) is 4. The maximum atomic E-state index is 14.0. The van der Waals surface area contributed by atoms with Crippen LogP contribution in [0.1, 0.15) is 127 Å². The summed E-state index contributed by atoms with van der Waals surface area (Å²) < 4.78 is 9.66. The van der Waals surface area contributed by atoms with Crippen molar-refractivity contribution in [1.82, 2.24) is 35.7 Å². The van der Waals surface area contributed by atoms with E-state index in [-0.39, 0.29) is 53.2 Å². The first-order valence-corrected chi connectivity index (χ1v) is 24.2. The largest absolute Gasteiger partial charge is 0.453 e. The SMILES string of the molecule is COC(=O)N[C@H](C(=O)N1CCC[C@H]1C1=NC(c2ccc(-c3ccc4cc(-c5cnc([C@@H]6CCCN6C(=O)[C@@H](NC(=O)OC)C(C)C)[nH]5)ccc4c3)c3c2CCC32CCCC2)C(C)N1)C(C)C. The van der Waals surface area contributed by atoms with E-state index in [4.69, 9.17) is 19.5 Å². The van der Waals surface area contributed by atoms with Gasteiger partial charge in [-0.15, -0.1) is 0 Å². The zero-order chi connectivity index (χ0) is 46.4. The summed E-state index contributed by atoms with van der Waals surface area (Å²) in [5.74, 6) is 1.19. The number of aromatic nitrogens is 2. The number of aromatic amines is 1. The number of amides is 4. The fourth-order valence-corrected chi connectivity index (χ4v) is 11.8. The van der Waals surface area contributed by atoms with E-state index in [1.165, 1.54) is 67.7 Å². The number of carbonyl (C=O) groups excluding carboxylic acids is 4. The molecule has 2 unspecified atom stereocenters. The number of benzene rings is 3.